The monoisotopic (exact) mass is 231 g/mol. The van der Waals surface area contributed by atoms with E-state index >= 15 is 0 Å². The quantitative estimate of drug-likeness (QED) is 0.616. The second kappa shape index (κ2) is 4.78. The highest BCUT2D eigenvalue weighted by Crippen LogP contribution is 2.14. The smallest absolute Gasteiger partial charge is 0.309 e. The van der Waals surface area contributed by atoms with Crippen molar-refractivity contribution in [1.82, 2.24) is 0 Å². The molecule has 3 nitrogen and oxygen atoms in total. The molecule has 0 spiro atoms. The highest BCUT2D eigenvalue weighted by atomic mass is 19.2. The zero-order chi connectivity index (χ0) is 12.3. The largest absolute Gasteiger partial charge is 0.481 e. The number of carboxylic acids is 1. The van der Waals surface area contributed by atoms with Crippen LogP contribution >= 0.6 is 0 Å². The van der Waals surface area contributed by atoms with E-state index in [-0.39, 0.29) is 17.7 Å². The van der Waals surface area contributed by atoms with Gasteiger partial charge in [0.15, 0.2) is 11.6 Å². The summed E-state index contributed by atoms with van der Waals surface area (Å²) in [7, 11) is 0. The van der Waals surface area contributed by atoms with E-state index in [4.69, 9.17) is 10.5 Å². The molecular weight excluding hydrogens is 223 g/mol. The van der Waals surface area contributed by atoms with Crippen molar-refractivity contribution in [3.63, 3.8) is 0 Å². The average molecular weight is 231 g/mol. The number of carbonyl (C=O) groups is 1. The SMILES string of the molecule is N=C(CC(=O)O)Cc1cc(F)c(F)cc1F. The Morgan fingerprint density at radius 1 is 1.19 bits per heavy atom. The second-order valence-electron chi connectivity index (χ2n) is 3.21. The average Bonchev–Trinajstić information content (AvgIpc) is 2.12. The third kappa shape index (κ3) is 3.08. The number of nitrogens with one attached hydrogen (secondary N) is 1. The Morgan fingerprint density at radius 3 is 2.31 bits per heavy atom. The van der Waals surface area contributed by atoms with Crippen LogP contribution in [0.25, 0.3) is 0 Å². The van der Waals surface area contributed by atoms with E-state index in [1.807, 2.05) is 0 Å². The molecular formula is C10H8F3NO2. The lowest BCUT2D eigenvalue weighted by Gasteiger charge is -2.04. The number of hydrogen-bond donors (Lipinski definition) is 2. The van der Waals surface area contributed by atoms with Gasteiger partial charge in [0, 0.05) is 18.2 Å². The van der Waals surface area contributed by atoms with Crippen LogP contribution in [0.2, 0.25) is 0 Å². The first-order valence-electron chi connectivity index (χ1n) is 4.31. The molecule has 0 saturated heterocycles. The predicted octanol–water partition coefficient (Wildman–Crippen LogP) is 2.14. The van der Waals surface area contributed by atoms with E-state index in [1.165, 1.54) is 0 Å². The van der Waals surface area contributed by atoms with Crippen molar-refractivity contribution in [2.75, 3.05) is 0 Å². The molecule has 2 N–H and O–H groups in total. The first-order chi connectivity index (χ1) is 7.40. The van der Waals surface area contributed by atoms with Crippen molar-refractivity contribution >= 4 is 11.7 Å². The molecule has 0 fully saturated rings. The zero-order valence-electron chi connectivity index (χ0n) is 8.06. The van der Waals surface area contributed by atoms with Crippen molar-refractivity contribution in [2.24, 2.45) is 0 Å². The Balaban J connectivity index is 2.85. The molecule has 0 amide bonds. The molecule has 16 heavy (non-hydrogen) atoms. The molecule has 0 aliphatic carbocycles. The molecule has 0 bridgehead atoms. The van der Waals surface area contributed by atoms with Crippen LogP contribution in [0.15, 0.2) is 12.1 Å². The molecule has 0 radical (unpaired) electrons. The molecule has 0 saturated carbocycles. The Kier molecular flexibility index (Phi) is 3.65. The number of hydrogen-bond acceptors (Lipinski definition) is 2. The van der Waals surface area contributed by atoms with Crippen molar-refractivity contribution in [1.29, 1.82) is 5.41 Å². The van der Waals surface area contributed by atoms with E-state index in [0.717, 1.165) is 0 Å². The fourth-order valence-electron chi connectivity index (χ4n) is 1.17. The number of benzene rings is 1. The summed E-state index contributed by atoms with van der Waals surface area (Å²) in [5, 5.41) is 15.6. The molecule has 6 heteroatoms. The summed E-state index contributed by atoms with van der Waals surface area (Å²) in [5.74, 6) is -4.76. The summed E-state index contributed by atoms with van der Waals surface area (Å²) < 4.78 is 38.4. The third-order valence-corrected chi connectivity index (χ3v) is 1.86. The normalized spacial score (nSPS) is 10.2. The van der Waals surface area contributed by atoms with E-state index in [0.29, 0.717) is 12.1 Å². The summed E-state index contributed by atoms with van der Waals surface area (Å²) in [6.07, 6.45) is -0.909. The Bertz CT molecular complexity index is 446. The minimum atomic E-state index is -1.31. The lowest BCUT2D eigenvalue weighted by Crippen LogP contribution is -2.10. The lowest BCUT2D eigenvalue weighted by molar-refractivity contribution is -0.135. The Hall–Kier alpha value is -1.85. The van der Waals surface area contributed by atoms with Crippen LogP contribution in [0.4, 0.5) is 13.2 Å². The minimum Gasteiger partial charge on any atom is -0.481 e. The molecule has 0 aromatic heterocycles. The standard InChI is InChI=1S/C10H8F3NO2/c11-7-4-9(13)8(12)2-5(7)1-6(14)3-10(15)16/h2,4,14H,1,3H2,(H,15,16). The maximum Gasteiger partial charge on any atom is 0.309 e. The second-order valence-corrected chi connectivity index (χ2v) is 3.21. The summed E-state index contributed by atoms with van der Waals surface area (Å²) in [5.41, 5.74) is -0.512. The fraction of sp³-hybridized carbons (Fsp3) is 0.200. The Labute approximate surface area is 89.0 Å². The first kappa shape index (κ1) is 12.2. The van der Waals surface area contributed by atoms with E-state index in [2.05, 4.69) is 0 Å². The van der Waals surface area contributed by atoms with Crippen molar-refractivity contribution < 1.29 is 23.1 Å². The lowest BCUT2D eigenvalue weighted by atomic mass is 10.1. The molecule has 1 aromatic rings. The van der Waals surface area contributed by atoms with Crippen molar-refractivity contribution in [3.05, 3.63) is 35.1 Å². The zero-order valence-corrected chi connectivity index (χ0v) is 8.06. The fourth-order valence-corrected chi connectivity index (χ4v) is 1.17. The van der Waals surface area contributed by atoms with Gasteiger partial charge in [0.25, 0.3) is 0 Å². The van der Waals surface area contributed by atoms with Crippen LogP contribution < -0.4 is 0 Å². The molecule has 1 aromatic carbocycles. The van der Waals surface area contributed by atoms with Gasteiger partial charge in [-0.15, -0.1) is 0 Å². The predicted molar refractivity (Wildman–Crippen MR) is 50.0 cm³/mol. The molecule has 0 atom stereocenters. The molecule has 0 aliphatic rings. The van der Waals surface area contributed by atoms with Crippen LogP contribution in [0.1, 0.15) is 12.0 Å². The Morgan fingerprint density at radius 2 is 1.75 bits per heavy atom. The topological polar surface area (TPSA) is 61.2 Å². The van der Waals surface area contributed by atoms with Crippen LogP contribution in [0.3, 0.4) is 0 Å². The summed E-state index contributed by atoms with van der Waals surface area (Å²) in [6.45, 7) is 0. The summed E-state index contributed by atoms with van der Waals surface area (Å²) in [4.78, 5) is 10.2. The highest BCUT2D eigenvalue weighted by molar-refractivity contribution is 5.97. The van der Waals surface area contributed by atoms with Gasteiger partial charge in [-0.25, -0.2) is 13.2 Å². The number of rotatable bonds is 4. The molecule has 0 aliphatic heterocycles. The van der Waals surface area contributed by atoms with E-state index < -0.39 is 29.8 Å². The maximum atomic E-state index is 13.1. The van der Waals surface area contributed by atoms with E-state index in [9.17, 15) is 18.0 Å². The van der Waals surface area contributed by atoms with Gasteiger partial charge in [-0.3, -0.25) is 4.79 Å². The van der Waals surface area contributed by atoms with Crippen LogP contribution in [0, 0.1) is 22.9 Å². The summed E-state index contributed by atoms with van der Waals surface area (Å²) >= 11 is 0. The molecule has 0 unspecified atom stereocenters. The van der Waals surface area contributed by atoms with Gasteiger partial charge in [0.1, 0.15) is 5.82 Å². The van der Waals surface area contributed by atoms with Gasteiger partial charge >= 0.3 is 5.97 Å². The molecule has 86 valence electrons. The van der Waals surface area contributed by atoms with Crippen LogP contribution in [0.5, 0.6) is 0 Å². The number of halogens is 3. The van der Waals surface area contributed by atoms with Crippen molar-refractivity contribution in [2.45, 2.75) is 12.8 Å². The van der Waals surface area contributed by atoms with Crippen molar-refractivity contribution in [3.8, 4) is 0 Å². The maximum absolute atomic E-state index is 13.1. The summed E-state index contributed by atoms with van der Waals surface area (Å²) in [6, 6.07) is 1.000. The highest BCUT2D eigenvalue weighted by Gasteiger charge is 2.12. The molecule has 1 rings (SSSR count). The minimum absolute atomic E-state index is 0.231. The first-order valence-corrected chi connectivity index (χ1v) is 4.31. The number of aliphatic carboxylic acids is 1. The van der Waals surface area contributed by atoms with Crippen LogP contribution in [-0.4, -0.2) is 16.8 Å². The van der Waals surface area contributed by atoms with Gasteiger partial charge in [-0.05, 0) is 11.6 Å². The number of carboxylic acid groups (broad SMARTS) is 1. The van der Waals surface area contributed by atoms with Crippen LogP contribution in [-0.2, 0) is 11.2 Å². The van der Waals surface area contributed by atoms with Gasteiger partial charge < -0.3 is 10.5 Å². The van der Waals surface area contributed by atoms with Gasteiger partial charge in [0.2, 0.25) is 0 Å². The van der Waals surface area contributed by atoms with E-state index in [1.54, 1.807) is 0 Å². The van der Waals surface area contributed by atoms with Gasteiger partial charge in [0.05, 0.1) is 6.42 Å². The van der Waals surface area contributed by atoms with Gasteiger partial charge in [-0.1, -0.05) is 0 Å². The third-order valence-electron chi connectivity index (χ3n) is 1.86. The van der Waals surface area contributed by atoms with Gasteiger partial charge in [-0.2, -0.15) is 0 Å². The molecule has 0 heterocycles.